The average Bonchev–Trinajstić information content (AvgIpc) is 3.19. The molecule has 126 valence electrons. The van der Waals surface area contributed by atoms with E-state index in [1.807, 2.05) is 13.0 Å². The van der Waals surface area contributed by atoms with Crippen molar-refractivity contribution in [1.29, 1.82) is 0 Å². The first-order valence-electron chi connectivity index (χ1n) is 8.28. The first-order valence-corrected chi connectivity index (χ1v) is 9.05. The number of rotatable bonds is 4. The molecular weight excluding hydrogens is 324 g/mol. The zero-order valence-electron chi connectivity index (χ0n) is 13.5. The summed E-state index contributed by atoms with van der Waals surface area (Å²) >= 11 is 1.49. The fourth-order valence-electron chi connectivity index (χ4n) is 3.16. The largest absolute Gasteiger partial charge is 0.459 e. The molecule has 0 aliphatic heterocycles. The molecule has 1 saturated carbocycles. The smallest absolute Gasteiger partial charge is 0.194 e. The second-order valence-electron chi connectivity index (χ2n) is 6.38. The van der Waals surface area contributed by atoms with Gasteiger partial charge in [0.2, 0.25) is 0 Å². The third-order valence-electron chi connectivity index (χ3n) is 4.40. The summed E-state index contributed by atoms with van der Waals surface area (Å²) in [6.07, 6.45) is 5.70. The Hall–Kier alpha value is -1.99. The van der Waals surface area contributed by atoms with E-state index in [-0.39, 0.29) is 6.10 Å². The van der Waals surface area contributed by atoms with Crippen LogP contribution in [0.15, 0.2) is 22.8 Å². The van der Waals surface area contributed by atoms with Gasteiger partial charge in [-0.3, -0.25) is 0 Å². The van der Waals surface area contributed by atoms with Crippen molar-refractivity contribution in [1.82, 2.24) is 14.3 Å². The molecule has 1 aliphatic rings. The Morgan fingerprint density at radius 1 is 1.29 bits per heavy atom. The van der Waals surface area contributed by atoms with Crippen molar-refractivity contribution in [2.75, 3.05) is 5.32 Å². The van der Waals surface area contributed by atoms with E-state index in [2.05, 4.69) is 20.7 Å². The van der Waals surface area contributed by atoms with E-state index < -0.39 is 0 Å². The average molecular weight is 344 g/mol. The van der Waals surface area contributed by atoms with Crippen molar-refractivity contribution in [2.24, 2.45) is 0 Å². The highest BCUT2D eigenvalue weighted by atomic mass is 32.1. The first-order chi connectivity index (χ1) is 11.7. The molecule has 2 N–H and O–H groups in total. The highest BCUT2D eigenvalue weighted by Gasteiger charge is 2.21. The third kappa shape index (κ3) is 3.27. The number of aliphatic hydroxyl groups is 1. The molecular formula is C17H20N4O2S. The molecule has 0 unspecified atom stereocenters. The fraction of sp³-hybridized carbons (Fsp3) is 0.471. The Bertz CT molecular complexity index is 836. The van der Waals surface area contributed by atoms with Crippen LogP contribution in [0.3, 0.4) is 0 Å². The molecule has 3 aromatic heterocycles. The maximum atomic E-state index is 9.67. The summed E-state index contributed by atoms with van der Waals surface area (Å²) in [4.78, 5) is 10.4. The molecule has 0 saturated heterocycles. The Morgan fingerprint density at radius 2 is 2.12 bits per heavy atom. The van der Waals surface area contributed by atoms with Crippen LogP contribution >= 0.6 is 11.5 Å². The standard InChI is InChI=1S/C17H20N4O2S/c1-10-8-13(24-21-10)9-15-19-14-6-7-23-16(14)17(20-15)18-11-2-4-12(22)5-3-11/h6-8,11-12,22H,2-5,9H2,1H3,(H,18,19,20). The van der Waals surface area contributed by atoms with Gasteiger partial charge >= 0.3 is 0 Å². The number of fused-ring (bicyclic) bond motifs is 1. The van der Waals surface area contributed by atoms with Crippen LogP contribution in [0.1, 0.15) is 42.1 Å². The minimum Gasteiger partial charge on any atom is -0.459 e. The third-order valence-corrected chi connectivity index (χ3v) is 5.27. The molecule has 0 bridgehead atoms. The van der Waals surface area contributed by atoms with Crippen LogP contribution in [0.5, 0.6) is 0 Å². The highest BCUT2D eigenvalue weighted by molar-refractivity contribution is 7.05. The Balaban J connectivity index is 1.60. The van der Waals surface area contributed by atoms with E-state index in [4.69, 9.17) is 9.40 Å². The molecule has 3 aromatic rings. The van der Waals surface area contributed by atoms with Gasteiger partial charge in [-0.2, -0.15) is 4.37 Å². The molecule has 0 atom stereocenters. The summed E-state index contributed by atoms with van der Waals surface area (Å²) in [5.41, 5.74) is 2.54. The second kappa shape index (κ2) is 6.49. The van der Waals surface area contributed by atoms with Gasteiger partial charge in [0.15, 0.2) is 11.4 Å². The monoisotopic (exact) mass is 344 g/mol. The molecule has 0 aromatic carbocycles. The Kier molecular flexibility index (Phi) is 4.20. The maximum Gasteiger partial charge on any atom is 0.194 e. The molecule has 0 spiro atoms. The lowest BCUT2D eigenvalue weighted by Gasteiger charge is -2.26. The van der Waals surface area contributed by atoms with Crippen LogP contribution < -0.4 is 5.32 Å². The lowest BCUT2D eigenvalue weighted by atomic mass is 9.93. The van der Waals surface area contributed by atoms with Crippen molar-refractivity contribution in [2.45, 2.75) is 51.2 Å². The summed E-state index contributed by atoms with van der Waals surface area (Å²) in [7, 11) is 0. The highest BCUT2D eigenvalue weighted by Crippen LogP contribution is 2.27. The fourth-order valence-corrected chi connectivity index (χ4v) is 3.89. The number of aliphatic hydroxyl groups excluding tert-OH is 1. The summed E-state index contributed by atoms with van der Waals surface area (Å²) in [6.45, 7) is 1.99. The van der Waals surface area contributed by atoms with Gasteiger partial charge in [0.1, 0.15) is 11.3 Å². The molecule has 0 amide bonds. The van der Waals surface area contributed by atoms with Gasteiger partial charge in [-0.1, -0.05) is 0 Å². The Labute approximate surface area is 144 Å². The minimum atomic E-state index is -0.165. The zero-order valence-corrected chi connectivity index (χ0v) is 14.3. The molecule has 1 fully saturated rings. The molecule has 4 rings (SSSR count). The predicted octanol–water partition coefficient (Wildman–Crippen LogP) is 3.29. The molecule has 24 heavy (non-hydrogen) atoms. The van der Waals surface area contributed by atoms with E-state index in [1.165, 1.54) is 11.5 Å². The van der Waals surface area contributed by atoms with E-state index in [0.29, 0.717) is 18.0 Å². The van der Waals surface area contributed by atoms with Gasteiger partial charge in [0.05, 0.1) is 18.1 Å². The van der Waals surface area contributed by atoms with Crippen LogP contribution in [0.4, 0.5) is 5.82 Å². The topological polar surface area (TPSA) is 84.1 Å². The minimum absolute atomic E-state index is 0.165. The molecule has 0 radical (unpaired) electrons. The van der Waals surface area contributed by atoms with Crippen molar-refractivity contribution >= 4 is 28.5 Å². The van der Waals surface area contributed by atoms with Crippen LogP contribution in [0, 0.1) is 6.92 Å². The number of aryl methyl sites for hydroxylation is 1. The van der Waals surface area contributed by atoms with Crippen LogP contribution in [0.25, 0.3) is 11.1 Å². The first kappa shape index (κ1) is 15.5. The molecule has 6 nitrogen and oxygen atoms in total. The number of anilines is 1. The summed E-state index contributed by atoms with van der Waals surface area (Å²) in [6, 6.07) is 4.26. The summed E-state index contributed by atoms with van der Waals surface area (Å²) in [5, 5.41) is 13.2. The van der Waals surface area contributed by atoms with E-state index in [1.54, 1.807) is 6.26 Å². The number of hydrogen-bond donors (Lipinski definition) is 2. The number of hydrogen-bond acceptors (Lipinski definition) is 7. The summed E-state index contributed by atoms with van der Waals surface area (Å²) < 4.78 is 9.89. The SMILES string of the molecule is Cc1cc(Cc2nc(NC3CCC(O)CC3)c3occc3n2)sn1. The normalized spacial score (nSPS) is 21.2. The van der Waals surface area contributed by atoms with E-state index in [9.17, 15) is 5.11 Å². The van der Waals surface area contributed by atoms with Gasteiger partial charge in [-0.15, -0.1) is 0 Å². The van der Waals surface area contributed by atoms with Gasteiger partial charge in [0.25, 0.3) is 0 Å². The lowest BCUT2D eigenvalue weighted by Crippen LogP contribution is -2.28. The predicted molar refractivity (Wildman–Crippen MR) is 93.3 cm³/mol. The van der Waals surface area contributed by atoms with Gasteiger partial charge in [-0.25, -0.2) is 9.97 Å². The van der Waals surface area contributed by atoms with Gasteiger partial charge in [0, 0.05) is 23.4 Å². The summed E-state index contributed by atoms with van der Waals surface area (Å²) in [5.74, 6) is 1.52. The van der Waals surface area contributed by atoms with Gasteiger partial charge in [-0.05, 0) is 50.2 Å². The Morgan fingerprint density at radius 3 is 2.88 bits per heavy atom. The number of nitrogens with one attached hydrogen (secondary N) is 1. The van der Waals surface area contributed by atoms with Crippen molar-refractivity contribution in [3.63, 3.8) is 0 Å². The molecule has 1 aliphatic carbocycles. The molecule has 7 heteroatoms. The van der Waals surface area contributed by atoms with Crippen molar-refractivity contribution in [3.05, 3.63) is 34.8 Å². The number of aromatic nitrogens is 3. The van der Waals surface area contributed by atoms with E-state index >= 15 is 0 Å². The number of furan rings is 1. The van der Waals surface area contributed by atoms with Gasteiger partial charge < -0.3 is 14.8 Å². The quantitative estimate of drug-likeness (QED) is 0.755. The van der Waals surface area contributed by atoms with Crippen LogP contribution in [-0.2, 0) is 6.42 Å². The second-order valence-corrected chi connectivity index (χ2v) is 7.27. The van der Waals surface area contributed by atoms with Crippen molar-refractivity contribution < 1.29 is 9.52 Å². The molecule has 3 heterocycles. The zero-order chi connectivity index (χ0) is 16.5. The maximum absolute atomic E-state index is 9.67. The number of nitrogens with zero attached hydrogens (tertiary/aromatic N) is 3. The van der Waals surface area contributed by atoms with E-state index in [0.717, 1.165) is 53.4 Å². The van der Waals surface area contributed by atoms with Crippen molar-refractivity contribution in [3.8, 4) is 0 Å². The van der Waals surface area contributed by atoms with Crippen LogP contribution in [0.2, 0.25) is 0 Å². The van der Waals surface area contributed by atoms with Crippen LogP contribution in [-0.4, -0.2) is 31.6 Å². The lowest BCUT2D eigenvalue weighted by molar-refractivity contribution is 0.126.